The second kappa shape index (κ2) is 3.87. The van der Waals surface area contributed by atoms with Crippen molar-refractivity contribution in [3.05, 3.63) is 29.1 Å². The summed E-state index contributed by atoms with van der Waals surface area (Å²) in [6, 6.07) is 5.79. The summed E-state index contributed by atoms with van der Waals surface area (Å²) in [5.74, 6) is 0. The molecule has 0 unspecified atom stereocenters. The summed E-state index contributed by atoms with van der Waals surface area (Å²) in [7, 11) is 0. The molecule has 62 valence electrons. The fourth-order valence-corrected chi connectivity index (χ4v) is 1.19. The van der Waals surface area contributed by atoms with Gasteiger partial charge in [-0.2, -0.15) is 5.26 Å². The molecule has 0 aliphatic heterocycles. The molecule has 0 fully saturated rings. The first-order valence-corrected chi connectivity index (χ1v) is 4.14. The monoisotopic (exact) mass is 160 g/mol. The van der Waals surface area contributed by atoms with Crippen LogP contribution in [0.25, 0.3) is 0 Å². The van der Waals surface area contributed by atoms with Crippen LogP contribution in [0.5, 0.6) is 0 Å². The van der Waals surface area contributed by atoms with E-state index in [2.05, 4.69) is 18.0 Å². The number of nitriles is 1. The van der Waals surface area contributed by atoms with Crippen LogP contribution < -0.4 is 0 Å². The molecule has 0 radical (unpaired) electrons. The summed E-state index contributed by atoms with van der Waals surface area (Å²) in [6.07, 6.45) is 2.03. The summed E-state index contributed by atoms with van der Waals surface area (Å²) in [4.78, 5) is 4.32. The summed E-state index contributed by atoms with van der Waals surface area (Å²) in [6.45, 7) is 4.02. The van der Waals surface area contributed by atoms with Crippen LogP contribution >= 0.6 is 0 Å². The molecule has 2 heteroatoms. The van der Waals surface area contributed by atoms with Gasteiger partial charge in [-0.05, 0) is 25.5 Å². The Bertz CT molecular complexity index is 310. The van der Waals surface area contributed by atoms with Crippen molar-refractivity contribution in [1.29, 1.82) is 5.26 Å². The Morgan fingerprint density at radius 1 is 1.50 bits per heavy atom. The summed E-state index contributed by atoms with van der Waals surface area (Å²) < 4.78 is 0. The third-order valence-electron chi connectivity index (χ3n) is 1.64. The molecule has 1 aromatic heterocycles. The van der Waals surface area contributed by atoms with E-state index >= 15 is 0 Å². The minimum Gasteiger partial charge on any atom is -0.258 e. The van der Waals surface area contributed by atoms with Gasteiger partial charge in [-0.15, -0.1) is 0 Å². The van der Waals surface area contributed by atoms with Gasteiger partial charge in [-0.3, -0.25) is 4.98 Å². The highest BCUT2D eigenvalue weighted by molar-refractivity contribution is 5.31. The lowest BCUT2D eigenvalue weighted by Crippen LogP contribution is -1.93. The molecule has 0 N–H and O–H groups in total. The molecule has 1 heterocycles. The topological polar surface area (TPSA) is 36.7 Å². The van der Waals surface area contributed by atoms with Gasteiger partial charge in [-0.25, -0.2) is 0 Å². The van der Waals surface area contributed by atoms with Crippen LogP contribution in [0.2, 0.25) is 0 Å². The first-order valence-electron chi connectivity index (χ1n) is 4.14. The van der Waals surface area contributed by atoms with Crippen molar-refractivity contribution in [2.24, 2.45) is 0 Å². The third-order valence-corrected chi connectivity index (χ3v) is 1.64. The lowest BCUT2D eigenvalue weighted by atomic mass is 10.1. The quantitative estimate of drug-likeness (QED) is 0.665. The van der Waals surface area contributed by atoms with Crippen molar-refractivity contribution in [2.75, 3.05) is 0 Å². The second-order valence-corrected chi connectivity index (χ2v) is 2.85. The highest BCUT2D eigenvalue weighted by Gasteiger charge is 1.97. The van der Waals surface area contributed by atoms with Gasteiger partial charge in [0.2, 0.25) is 0 Å². The Labute approximate surface area is 72.9 Å². The van der Waals surface area contributed by atoms with E-state index in [0.717, 1.165) is 24.2 Å². The van der Waals surface area contributed by atoms with E-state index in [9.17, 15) is 0 Å². The van der Waals surface area contributed by atoms with Crippen LogP contribution in [0.3, 0.4) is 0 Å². The van der Waals surface area contributed by atoms with Crippen LogP contribution in [0.1, 0.15) is 30.3 Å². The minimum atomic E-state index is 0.714. The molecular formula is C10H12N2. The SMILES string of the molecule is CCCc1cc(C#N)cc(C)n1. The van der Waals surface area contributed by atoms with Crippen molar-refractivity contribution in [1.82, 2.24) is 4.98 Å². The van der Waals surface area contributed by atoms with E-state index in [0.29, 0.717) is 5.56 Å². The van der Waals surface area contributed by atoms with Gasteiger partial charge in [0.1, 0.15) is 0 Å². The molecule has 2 nitrogen and oxygen atoms in total. The van der Waals surface area contributed by atoms with Gasteiger partial charge in [0.05, 0.1) is 11.6 Å². The van der Waals surface area contributed by atoms with Crippen LogP contribution in [-0.2, 0) is 6.42 Å². The van der Waals surface area contributed by atoms with E-state index in [-0.39, 0.29) is 0 Å². The number of pyridine rings is 1. The number of hydrogen-bond acceptors (Lipinski definition) is 2. The summed E-state index contributed by atoms with van der Waals surface area (Å²) in [5, 5.41) is 8.68. The molecule has 0 saturated heterocycles. The highest BCUT2D eigenvalue weighted by atomic mass is 14.7. The summed E-state index contributed by atoms with van der Waals surface area (Å²) >= 11 is 0. The van der Waals surface area contributed by atoms with Crippen molar-refractivity contribution < 1.29 is 0 Å². The normalized spacial score (nSPS) is 9.42. The van der Waals surface area contributed by atoms with Crippen molar-refractivity contribution in [3.63, 3.8) is 0 Å². The Hall–Kier alpha value is -1.36. The predicted molar refractivity (Wildman–Crippen MR) is 47.7 cm³/mol. The fraction of sp³-hybridized carbons (Fsp3) is 0.400. The van der Waals surface area contributed by atoms with Gasteiger partial charge < -0.3 is 0 Å². The first kappa shape index (κ1) is 8.73. The number of nitrogens with zero attached hydrogens (tertiary/aromatic N) is 2. The second-order valence-electron chi connectivity index (χ2n) is 2.85. The molecule has 0 saturated carbocycles. The first-order chi connectivity index (χ1) is 5.76. The van der Waals surface area contributed by atoms with E-state index < -0.39 is 0 Å². The fourth-order valence-electron chi connectivity index (χ4n) is 1.19. The third kappa shape index (κ3) is 2.06. The number of aryl methyl sites for hydroxylation is 2. The van der Waals surface area contributed by atoms with E-state index in [1.54, 1.807) is 6.07 Å². The number of hydrogen-bond donors (Lipinski definition) is 0. The largest absolute Gasteiger partial charge is 0.258 e. The molecule has 1 rings (SSSR count). The van der Waals surface area contributed by atoms with Crippen LogP contribution in [0.15, 0.2) is 12.1 Å². The van der Waals surface area contributed by atoms with Crippen LogP contribution in [0.4, 0.5) is 0 Å². The molecule has 0 aliphatic carbocycles. The van der Waals surface area contributed by atoms with Gasteiger partial charge in [0.25, 0.3) is 0 Å². The van der Waals surface area contributed by atoms with Crippen LogP contribution in [0, 0.1) is 18.3 Å². The van der Waals surface area contributed by atoms with Crippen LogP contribution in [-0.4, -0.2) is 4.98 Å². The van der Waals surface area contributed by atoms with E-state index in [1.807, 2.05) is 13.0 Å². The number of aromatic nitrogens is 1. The molecule has 0 atom stereocenters. The molecule has 1 aromatic rings. The van der Waals surface area contributed by atoms with Crippen molar-refractivity contribution >= 4 is 0 Å². The summed E-state index contributed by atoms with van der Waals surface area (Å²) in [5.41, 5.74) is 2.66. The molecule has 0 aromatic carbocycles. The Morgan fingerprint density at radius 2 is 2.25 bits per heavy atom. The zero-order valence-corrected chi connectivity index (χ0v) is 7.46. The van der Waals surface area contributed by atoms with Gasteiger partial charge in [0.15, 0.2) is 0 Å². The molecular weight excluding hydrogens is 148 g/mol. The zero-order chi connectivity index (χ0) is 8.97. The Morgan fingerprint density at radius 3 is 2.83 bits per heavy atom. The highest BCUT2D eigenvalue weighted by Crippen LogP contribution is 2.06. The van der Waals surface area contributed by atoms with E-state index in [4.69, 9.17) is 5.26 Å². The zero-order valence-electron chi connectivity index (χ0n) is 7.46. The Balaban J connectivity index is 3.00. The lowest BCUT2D eigenvalue weighted by molar-refractivity contribution is 0.873. The maximum Gasteiger partial charge on any atom is 0.0992 e. The Kier molecular flexibility index (Phi) is 2.82. The molecule has 0 spiro atoms. The van der Waals surface area contributed by atoms with E-state index in [1.165, 1.54) is 0 Å². The maximum absolute atomic E-state index is 8.68. The smallest absolute Gasteiger partial charge is 0.0992 e. The lowest BCUT2D eigenvalue weighted by Gasteiger charge is -1.99. The molecule has 0 bridgehead atoms. The van der Waals surface area contributed by atoms with Crippen molar-refractivity contribution in [2.45, 2.75) is 26.7 Å². The standard InChI is InChI=1S/C10H12N2/c1-3-4-10-6-9(7-11)5-8(2)12-10/h5-6H,3-4H2,1-2H3. The van der Waals surface area contributed by atoms with Gasteiger partial charge in [-0.1, -0.05) is 13.3 Å². The minimum absolute atomic E-state index is 0.714. The van der Waals surface area contributed by atoms with Gasteiger partial charge in [0, 0.05) is 11.4 Å². The van der Waals surface area contributed by atoms with Crippen molar-refractivity contribution in [3.8, 4) is 6.07 Å². The molecule has 0 amide bonds. The average Bonchev–Trinajstić information content (AvgIpc) is 2.04. The molecule has 12 heavy (non-hydrogen) atoms. The van der Waals surface area contributed by atoms with Gasteiger partial charge >= 0.3 is 0 Å². The number of rotatable bonds is 2. The molecule has 0 aliphatic rings. The predicted octanol–water partition coefficient (Wildman–Crippen LogP) is 2.21. The maximum atomic E-state index is 8.68. The average molecular weight is 160 g/mol.